The third-order valence-electron chi connectivity index (χ3n) is 32.0. The first-order valence-corrected chi connectivity index (χ1v) is 49.9. The number of carbonyl (C=O) groups is 3. The van der Waals surface area contributed by atoms with E-state index in [9.17, 15) is 44.1 Å². The average molecular weight is 1760 g/mol. The standard InChI is InChI=1S/C36H53N5O4.C35H51N5O4.C31H42N4O4/c1-4-24-17-25-19-26(18-24)21-29(20-25)40-27-9-7-10-28(40)23-30(22-27)41-33-12-6-5-11-31(33)37-35(36(41)44)32(13-14-34(42)43)38-45-16-8-15-39(2)3;1-4-23-16-24-18-25(17-23)20-28(19-24)39-26-8-7-9-27(39)22-29(21-26)40-32-11-6-5-10-30(32)36-34(35(40)43)31(12-13-33(41)42)37-44-15-14-38(2)3;1-19(2)39-33-29(31(37)38)28-30(36)35(27-13-6-5-12-26(27)32-28)25-17-22-10-7-11-23(18-25)34(22)24-15-20-8-3-4-9-21(14-20)16-24/h5-6,11-12,24-30H,4,7-10,13-23H2,1-3H3,(H,42,43);5-6,10-11,23-29H,4,7-9,12-22H2,1-3H3,(H,41,42);5-6,12-13,19-25H,3-4,7-11,14-18H2,1-2H3,(H,37,38)/b38-32+;37-31+;33-29-. The number of carboxylic acids is 3. The number of benzene rings is 3. The number of rotatable bonds is 29. The SMILES string of the molecule is CC(C)O/N=C(\C(=O)O)c1nc2ccccc2n(C2CC3CCCC(C2)N3C2CC3CCCCC(C3)C2)c1=O.CCC1CC2CC(C1)CC(N1C3CCCC1CC(n1c(=O)c(/C(CCC(=O)O)=N/OCCCN(C)C)nc4ccccc41)C3)C2.CCC1CC2CC(C1)CC(N1C3CCCC1CC(n1c(=O)c(/C(CCC(=O)O)=N/OCCN(C)C)nc4ccccc41)C3)C2. The lowest BCUT2D eigenvalue weighted by Crippen LogP contribution is -2.59. The van der Waals surface area contributed by atoms with Crippen molar-refractivity contribution in [2.75, 3.05) is 54.5 Å². The minimum Gasteiger partial charge on any atom is -0.481 e. The second-order valence-corrected chi connectivity index (χ2v) is 41.7. The van der Waals surface area contributed by atoms with Gasteiger partial charge in [-0.25, -0.2) is 19.7 Å². The Balaban J connectivity index is 0.000000141. The maximum atomic E-state index is 14.4. The smallest absolute Gasteiger partial charge is 0.360 e. The van der Waals surface area contributed by atoms with Crippen LogP contribution in [0.25, 0.3) is 33.1 Å². The molecule has 6 aliphatic carbocycles. The lowest BCUT2D eigenvalue weighted by Gasteiger charge is -2.56. The Bertz CT molecular complexity index is 5030. The quantitative estimate of drug-likeness (QED) is 0.0223. The predicted molar refractivity (Wildman–Crippen MR) is 502 cm³/mol. The van der Waals surface area contributed by atoms with Crippen LogP contribution in [0, 0.1) is 47.3 Å². The zero-order valence-electron chi connectivity index (χ0n) is 77.7. The van der Waals surface area contributed by atoms with Gasteiger partial charge in [0.1, 0.15) is 30.7 Å². The molecule has 6 aromatic rings. The normalized spacial score (nSPS) is 31.0. The van der Waals surface area contributed by atoms with E-state index in [0.717, 1.165) is 126 Å². The van der Waals surface area contributed by atoms with Crippen molar-refractivity contribution in [2.45, 2.75) is 357 Å². The lowest BCUT2D eigenvalue weighted by molar-refractivity contribution is -0.137. The average Bonchev–Trinajstić information content (AvgIpc) is 0.787. The molecule has 9 heterocycles. The molecule has 6 aliphatic heterocycles. The number of likely N-dealkylation sites (N-methyl/N-ethyl adjacent to an activating group) is 1. The molecule has 18 rings (SSSR count). The molecule has 3 N–H and O–H groups in total. The molecule has 12 unspecified atom stereocenters. The van der Waals surface area contributed by atoms with E-state index >= 15 is 0 Å². The maximum Gasteiger partial charge on any atom is 0.360 e. The number of piperidine rings is 6. The summed E-state index contributed by atoms with van der Waals surface area (Å²) < 4.78 is 5.82. The fraction of sp³-hybridized carbons (Fsp3) is 0.706. The second kappa shape index (κ2) is 42.5. The van der Waals surface area contributed by atoms with Crippen molar-refractivity contribution in [1.82, 2.24) is 53.2 Å². The van der Waals surface area contributed by atoms with Crippen LogP contribution in [0.2, 0.25) is 0 Å². The van der Waals surface area contributed by atoms with Gasteiger partial charge >= 0.3 is 17.9 Å². The van der Waals surface area contributed by atoms with Crippen molar-refractivity contribution in [3.63, 3.8) is 0 Å². The largest absolute Gasteiger partial charge is 0.481 e. The Labute approximate surface area is 756 Å². The molecule has 0 amide bonds. The summed E-state index contributed by atoms with van der Waals surface area (Å²) in [4.78, 5) is 121. The molecule has 12 aliphatic rings. The molecule has 3 aromatic heterocycles. The van der Waals surface area contributed by atoms with Gasteiger partial charge in [0.2, 0.25) is 5.71 Å². The number of hydrogen-bond donors (Lipinski definition) is 3. The minimum absolute atomic E-state index is 0.00244. The van der Waals surface area contributed by atoms with Crippen LogP contribution < -0.4 is 16.7 Å². The summed E-state index contributed by atoms with van der Waals surface area (Å²) in [7, 11) is 7.90. The minimum atomic E-state index is -1.31. The van der Waals surface area contributed by atoms with E-state index in [0.29, 0.717) is 91.1 Å². The highest BCUT2D eigenvalue weighted by molar-refractivity contribution is 6.41. The van der Waals surface area contributed by atoms with Crippen LogP contribution in [0.4, 0.5) is 0 Å². The molecule has 12 fully saturated rings. The van der Waals surface area contributed by atoms with Crippen LogP contribution in [-0.4, -0.2) is 218 Å². The number of para-hydroxylation sites is 6. The van der Waals surface area contributed by atoms with E-state index in [1.807, 2.05) is 120 Å². The Morgan fingerprint density at radius 2 is 0.727 bits per heavy atom. The molecular formula is C102H146N14O12. The number of oxime groups is 3. The fourth-order valence-electron chi connectivity index (χ4n) is 27.0. The number of aliphatic carboxylic acids is 3. The molecule has 0 spiro atoms. The third kappa shape index (κ3) is 21.7. The van der Waals surface area contributed by atoms with Crippen molar-refractivity contribution < 1.29 is 44.2 Å². The summed E-state index contributed by atoms with van der Waals surface area (Å²) >= 11 is 0. The number of fused-ring (bicyclic) bond motifs is 15. The monoisotopic (exact) mass is 1760 g/mol. The molecule has 6 saturated heterocycles. The van der Waals surface area contributed by atoms with E-state index < -0.39 is 23.6 Å². The molecule has 26 nitrogen and oxygen atoms in total. The molecule has 3 aromatic carbocycles. The fourth-order valence-corrected chi connectivity index (χ4v) is 27.0. The van der Waals surface area contributed by atoms with Crippen molar-refractivity contribution in [3.05, 3.63) is 121 Å². The Kier molecular flexibility index (Phi) is 30.9. The highest BCUT2D eigenvalue weighted by Gasteiger charge is 2.51. The lowest BCUT2D eigenvalue weighted by atomic mass is 9.64. The number of aromatic nitrogens is 6. The number of carboxylic acid groups (broad SMARTS) is 3. The van der Waals surface area contributed by atoms with Gasteiger partial charge in [-0.3, -0.25) is 38.7 Å². The van der Waals surface area contributed by atoms with Crippen molar-refractivity contribution in [1.29, 1.82) is 0 Å². The first kappa shape index (κ1) is 93.0. The first-order valence-electron chi connectivity index (χ1n) is 49.9. The van der Waals surface area contributed by atoms with Crippen molar-refractivity contribution in [2.24, 2.45) is 62.8 Å². The Morgan fingerprint density at radius 1 is 0.391 bits per heavy atom. The van der Waals surface area contributed by atoms with E-state index in [1.165, 1.54) is 180 Å². The molecule has 26 heteroatoms. The molecule has 696 valence electrons. The van der Waals surface area contributed by atoms with Crippen LogP contribution in [-0.2, 0) is 28.9 Å². The summed E-state index contributed by atoms with van der Waals surface area (Å²) in [6, 6.07) is 28.4. The van der Waals surface area contributed by atoms with Gasteiger partial charge in [-0.15, -0.1) is 0 Å². The highest BCUT2D eigenvalue weighted by Crippen LogP contribution is 2.53. The van der Waals surface area contributed by atoms with Gasteiger partial charge in [0.05, 0.1) is 45.9 Å². The number of nitrogens with zero attached hydrogens (tertiary/aromatic N) is 14. The third-order valence-corrected chi connectivity index (χ3v) is 32.0. The predicted octanol–water partition coefficient (Wildman–Crippen LogP) is 17.3. The molecule has 6 saturated carbocycles. The van der Waals surface area contributed by atoms with Gasteiger partial charge in [-0.05, 0) is 293 Å². The summed E-state index contributed by atoms with van der Waals surface area (Å²) in [6.07, 6.45) is 43.3. The van der Waals surface area contributed by atoms with E-state index in [-0.39, 0.29) is 83.7 Å². The van der Waals surface area contributed by atoms with Gasteiger partial charge in [0.25, 0.3) is 16.7 Å². The Hall–Kier alpha value is -8.30. The van der Waals surface area contributed by atoms with Crippen LogP contribution >= 0.6 is 0 Å². The summed E-state index contributed by atoms with van der Waals surface area (Å²) in [5, 5.41) is 41.3. The van der Waals surface area contributed by atoms with Crippen LogP contribution in [0.3, 0.4) is 0 Å². The van der Waals surface area contributed by atoms with Crippen LogP contribution in [0.1, 0.15) is 313 Å². The summed E-state index contributed by atoms with van der Waals surface area (Å²) in [5.74, 6) is 3.95. The molecule has 12 atom stereocenters. The zero-order chi connectivity index (χ0) is 89.4. The van der Waals surface area contributed by atoms with Crippen molar-refractivity contribution in [3.8, 4) is 0 Å². The second-order valence-electron chi connectivity index (χ2n) is 41.7. The van der Waals surface area contributed by atoms with Gasteiger partial charge in [-0.2, -0.15) is 0 Å². The summed E-state index contributed by atoms with van der Waals surface area (Å²) in [6.45, 7) is 10.5. The van der Waals surface area contributed by atoms with E-state index in [2.05, 4.69) is 53.9 Å². The molecule has 0 radical (unpaired) electrons. The maximum absolute atomic E-state index is 14.4. The Morgan fingerprint density at radius 3 is 1.07 bits per heavy atom. The first-order chi connectivity index (χ1) is 62.0. The van der Waals surface area contributed by atoms with Gasteiger partial charge in [0, 0.05) is 98.4 Å². The molecule has 12 bridgehead atoms. The van der Waals surface area contributed by atoms with E-state index in [1.54, 1.807) is 13.8 Å². The van der Waals surface area contributed by atoms with Crippen molar-refractivity contribution >= 4 is 68.1 Å². The van der Waals surface area contributed by atoms with Crippen LogP contribution in [0.15, 0.2) is 103 Å². The summed E-state index contributed by atoms with van der Waals surface area (Å²) in [5.41, 5.74) is 4.29. The molecular weight excluding hydrogens is 1610 g/mol. The highest BCUT2D eigenvalue weighted by atomic mass is 16.6. The van der Waals surface area contributed by atoms with Gasteiger partial charge < -0.3 is 53.3 Å². The molecule has 128 heavy (non-hydrogen) atoms. The van der Waals surface area contributed by atoms with Gasteiger partial charge in [-0.1, -0.05) is 124 Å². The zero-order valence-corrected chi connectivity index (χ0v) is 77.7. The van der Waals surface area contributed by atoms with Gasteiger partial charge in [0.15, 0.2) is 17.1 Å². The number of hydrogen-bond acceptors (Lipinski definition) is 20. The van der Waals surface area contributed by atoms with Crippen LogP contribution in [0.5, 0.6) is 0 Å². The topological polar surface area (TPSA) is 298 Å². The van der Waals surface area contributed by atoms with E-state index in [4.69, 9.17) is 24.5 Å².